The highest BCUT2D eigenvalue weighted by atomic mass is 16.1. The van der Waals surface area contributed by atoms with Gasteiger partial charge in [-0.2, -0.15) is 0 Å². The van der Waals surface area contributed by atoms with E-state index in [4.69, 9.17) is 0 Å². The first kappa shape index (κ1) is 18.9. The molecule has 1 aliphatic heterocycles. The van der Waals surface area contributed by atoms with Crippen molar-refractivity contribution in [1.29, 1.82) is 0 Å². The molecule has 0 amide bonds. The summed E-state index contributed by atoms with van der Waals surface area (Å²) < 4.78 is 0. The van der Waals surface area contributed by atoms with Gasteiger partial charge in [0.15, 0.2) is 5.78 Å². The molecule has 1 saturated heterocycles. The third-order valence-electron chi connectivity index (χ3n) is 4.71. The monoisotopic (exact) mass is 361 g/mol. The Morgan fingerprint density at radius 1 is 0.704 bits per heavy atom. The van der Waals surface area contributed by atoms with Gasteiger partial charge in [-0.1, -0.05) is 60.7 Å². The maximum absolute atomic E-state index is 13.6. The molecule has 1 fully saturated rings. The van der Waals surface area contributed by atoms with Gasteiger partial charge >= 0.3 is 0 Å². The lowest BCUT2D eigenvalue weighted by molar-refractivity contribution is -0.112. The minimum atomic E-state index is 0.119. The van der Waals surface area contributed by atoms with Crippen LogP contribution in [0.1, 0.15) is 11.1 Å². The van der Waals surface area contributed by atoms with Crippen LogP contribution in [0.15, 0.2) is 71.8 Å². The van der Waals surface area contributed by atoms with Crippen molar-refractivity contribution in [3.8, 4) is 0 Å². The molecule has 0 spiro atoms. The van der Waals surface area contributed by atoms with E-state index in [2.05, 4.69) is 29.6 Å². The Labute approximate surface area is 161 Å². The predicted molar refractivity (Wildman–Crippen MR) is 112 cm³/mol. The van der Waals surface area contributed by atoms with E-state index in [1.54, 1.807) is 0 Å². The summed E-state index contributed by atoms with van der Waals surface area (Å²) in [7, 11) is 7.96. The average molecular weight is 361 g/mol. The Bertz CT molecular complexity index is 794. The maximum atomic E-state index is 13.6. The summed E-state index contributed by atoms with van der Waals surface area (Å²) in [4.78, 5) is 17.6. The first-order valence-corrected chi connectivity index (χ1v) is 9.18. The molecule has 3 rings (SSSR count). The van der Waals surface area contributed by atoms with Gasteiger partial charge in [0.1, 0.15) is 0 Å². The average Bonchev–Trinajstić information content (AvgIpc) is 2.66. The summed E-state index contributed by atoms with van der Waals surface area (Å²) >= 11 is 0. The highest BCUT2D eigenvalue weighted by molar-refractivity contribution is 6.17. The fourth-order valence-electron chi connectivity index (χ4n) is 3.63. The summed E-state index contributed by atoms with van der Waals surface area (Å²) in [5.74, 6) is 0.119. The van der Waals surface area contributed by atoms with Crippen LogP contribution in [0.4, 0.5) is 0 Å². The lowest BCUT2D eigenvalue weighted by atomic mass is 9.91. The lowest BCUT2D eigenvalue weighted by Gasteiger charge is -2.29. The van der Waals surface area contributed by atoms with Crippen LogP contribution in [0.5, 0.6) is 0 Å². The molecule has 2 aromatic rings. The molecule has 1 heterocycles. The van der Waals surface area contributed by atoms with E-state index in [0.29, 0.717) is 13.1 Å². The third-order valence-corrected chi connectivity index (χ3v) is 4.71. The van der Waals surface area contributed by atoms with Crippen molar-refractivity contribution in [2.24, 2.45) is 0 Å². The number of nitrogens with one attached hydrogen (secondary N) is 1. The molecule has 0 saturated carbocycles. The molecule has 0 radical (unpaired) electrons. The van der Waals surface area contributed by atoms with E-state index < -0.39 is 0 Å². The minimum absolute atomic E-state index is 0.119. The highest BCUT2D eigenvalue weighted by Crippen LogP contribution is 2.29. The topological polar surface area (TPSA) is 35.6 Å². The third kappa shape index (κ3) is 3.96. The summed E-state index contributed by atoms with van der Waals surface area (Å²) in [5, 5.41) is 3.44. The number of nitrogens with zero attached hydrogens (tertiary/aromatic N) is 2. The molecular weight excluding hydrogens is 334 g/mol. The van der Waals surface area contributed by atoms with E-state index in [1.165, 1.54) is 0 Å². The molecule has 27 heavy (non-hydrogen) atoms. The largest absolute Gasteiger partial charge is 0.377 e. The van der Waals surface area contributed by atoms with Crippen molar-refractivity contribution in [2.45, 2.75) is 0 Å². The van der Waals surface area contributed by atoms with Crippen LogP contribution >= 0.6 is 0 Å². The van der Waals surface area contributed by atoms with Gasteiger partial charge in [-0.15, -0.1) is 0 Å². The van der Waals surface area contributed by atoms with Crippen molar-refractivity contribution in [3.05, 3.63) is 82.9 Å². The zero-order chi connectivity index (χ0) is 19.4. The summed E-state index contributed by atoms with van der Waals surface area (Å²) in [6.45, 7) is 1.14. The predicted octanol–water partition coefficient (Wildman–Crippen LogP) is 3.10. The summed E-state index contributed by atoms with van der Waals surface area (Å²) in [6.07, 6.45) is 0. The van der Waals surface area contributed by atoms with Gasteiger partial charge in [0.2, 0.25) is 0 Å². The number of benzene rings is 2. The molecule has 0 unspecified atom stereocenters. The van der Waals surface area contributed by atoms with Crippen molar-refractivity contribution in [1.82, 2.24) is 15.1 Å². The van der Waals surface area contributed by atoms with Crippen LogP contribution in [0.3, 0.4) is 0 Å². The second-order valence-electron chi connectivity index (χ2n) is 7.11. The molecule has 1 aliphatic rings. The van der Waals surface area contributed by atoms with Crippen LogP contribution in [-0.4, -0.2) is 56.9 Å². The van der Waals surface area contributed by atoms with Gasteiger partial charge in [-0.25, -0.2) is 0 Å². The van der Waals surface area contributed by atoms with Gasteiger partial charge in [-0.05, 0) is 11.1 Å². The molecule has 4 nitrogen and oxygen atoms in total. The molecule has 140 valence electrons. The highest BCUT2D eigenvalue weighted by Gasteiger charge is 2.28. The Hall–Kier alpha value is -2.85. The molecule has 4 heteroatoms. The minimum Gasteiger partial charge on any atom is -0.377 e. The fraction of sp³-hybridized carbons (Fsp3) is 0.261. The molecule has 0 atom stereocenters. The Morgan fingerprint density at radius 3 is 1.41 bits per heavy atom. The Kier molecular flexibility index (Phi) is 5.77. The number of Topliss-reactive ketones (excluding diaryl/α,β-unsaturated/α-hetero) is 1. The van der Waals surface area contributed by atoms with Crippen LogP contribution in [-0.2, 0) is 4.79 Å². The zero-order valence-corrected chi connectivity index (χ0v) is 16.5. The first-order chi connectivity index (χ1) is 13.0. The lowest BCUT2D eigenvalue weighted by Crippen LogP contribution is -2.37. The number of piperidine rings is 1. The van der Waals surface area contributed by atoms with E-state index >= 15 is 0 Å². The van der Waals surface area contributed by atoms with Crippen molar-refractivity contribution in [2.75, 3.05) is 41.3 Å². The van der Waals surface area contributed by atoms with Gasteiger partial charge in [0.05, 0.1) is 11.4 Å². The smallest absolute Gasteiger partial charge is 0.191 e. The number of hydrogen-bond acceptors (Lipinski definition) is 4. The van der Waals surface area contributed by atoms with Crippen LogP contribution in [0.25, 0.3) is 11.4 Å². The standard InChI is InChI=1S/C23H27N3O/c1-25(2)21(17-11-7-5-8-12-17)19-15-24-16-20(23(19)27)22(26(3)4)18-13-9-6-10-14-18/h5-14,24H,15-16H2,1-4H3. The van der Waals surface area contributed by atoms with Gasteiger partial charge in [0, 0.05) is 52.4 Å². The quantitative estimate of drug-likeness (QED) is 0.849. The van der Waals surface area contributed by atoms with Crippen molar-refractivity contribution in [3.63, 3.8) is 0 Å². The molecule has 2 aromatic carbocycles. The van der Waals surface area contributed by atoms with E-state index in [0.717, 1.165) is 33.7 Å². The second-order valence-corrected chi connectivity index (χ2v) is 7.11. The number of carbonyl (C=O) groups is 1. The van der Waals surface area contributed by atoms with E-state index in [-0.39, 0.29) is 5.78 Å². The number of ketones is 1. The molecular formula is C23H27N3O. The molecule has 0 bridgehead atoms. The SMILES string of the molecule is CN(C)C(=C1CNCC(=C(c2ccccc2)N(C)C)C1=O)c1ccccc1. The van der Waals surface area contributed by atoms with E-state index in [9.17, 15) is 4.79 Å². The van der Waals surface area contributed by atoms with Crippen LogP contribution in [0.2, 0.25) is 0 Å². The summed E-state index contributed by atoms with van der Waals surface area (Å²) in [6, 6.07) is 20.2. The number of hydrogen-bond donors (Lipinski definition) is 1. The van der Waals surface area contributed by atoms with Crippen molar-refractivity contribution >= 4 is 17.2 Å². The molecule has 0 aliphatic carbocycles. The molecule has 1 N–H and O–H groups in total. The van der Waals surface area contributed by atoms with Gasteiger partial charge < -0.3 is 15.1 Å². The van der Waals surface area contributed by atoms with Gasteiger partial charge in [-0.3, -0.25) is 4.79 Å². The Morgan fingerprint density at radius 2 is 1.07 bits per heavy atom. The second kappa shape index (κ2) is 8.23. The van der Waals surface area contributed by atoms with Crippen LogP contribution in [0, 0.1) is 0 Å². The van der Waals surface area contributed by atoms with Gasteiger partial charge in [0.25, 0.3) is 0 Å². The number of carbonyl (C=O) groups excluding carboxylic acids is 1. The maximum Gasteiger partial charge on any atom is 0.191 e. The number of rotatable bonds is 4. The van der Waals surface area contributed by atoms with E-state index in [1.807, 2.05) is 74.4 Å². The van der Waals surface area contributed by atoms with Crippen molar-refractivity contribution < 1.29 is 4.79 Å². The molecule has 0 aromatic heterocycles. The first-order valence-electron chi connectivity index (χ1n) is 9.18. The summed E-state index contributed by atoms with van der Waals surface area (Å²) in [5.41, 5.74) is 5.67. The Balaban J connectivity index is 2.17. The fourth-order valence-corrected chi connectivity index (χ4v) is 3.63. The van der Waals surface area contributed by atoms with Crippen LogP contribution < -0.4 is 5.32 Å². The zero-order valence-electron chi connectivity index (χ0n) is 16.5. The normalized spacial score (nSPS) is 18.1.